The minimum Gasteiger partial charge on any atom is -0.486 e. The van der Waals surface area contributed by atoms with E-state index in [-0.39, 0.29) is 11.8 Å². The standard InChI is InChI=1S/C15H19NO4/c1-10(2)15(18)8-16(9-15)14(17)11-3-4-12-13(7-11)20-6-5-19-12/h3-4,7,10,18H,5-6,8-9H2,1-2H3. The average Bonchev–Trinajstić information content (AvgIpc) is 2.42. The van der Waals surface area contributed by atoms with Crippen molar-refractivity contribution in [3.8, 4) is 11.5 Å². The van der Waals surface area contributed by atoms with Crippen LogP contribution in [0.5, 0.6) is 11.5 Å². The lowest BCUT2D eigenvalue weighted by atomic mass is 9.82. The maximum Gasteiger partial charge on any atom is 0.254 e. The Bertz CT molecular complexity index is 535. The number of β-amino-alcohol motifs (C(OH)–C–C–N with tert-alkyl or cyclic N) is 1. The Kier molecular flexibility index (Phi) is 3.09. The van der Waals surface area contributed by atoms with Gasteiger partial charge in [0.25, 0.3) is 5.91 Å². The molecule has 0 aromatic heterocycles. The van der Waals surface area contributed by atoms with Crippen LogP contribution in [0.1, 0.15) is 24.2 Å². The third kappa shape index (κ3) is 2.12. The Hall–Kier alpha value is -1.75. The molecule has 0 bridgehead atoms. The molecule has 1 saturated heterocycles. The van der Waals surface area contributed by atoms with E-state index in [9.17, 15) is 9.90 Å². The number of likely N-dealkylation sites (tertiary alicyclic amines) is 1. The van der Waals surface area contributed by atoms with Crippen molar-refractivity contribution in [1.29, 1.82) is 0 Å². The summed E-state index contributed by atoms with van der Waals surface area (Å²) >= 11 is 0. The number of benzene rings is 1. The number of rotatable bonds is 2. The summed E-state index contributed by atoms with van der Waals surface area (Å²) in [6.07, 6.45) is 0. The third-order valence-electron chi connectivity index (χ3n) is 4.08. The number of fused-ring (bicyclic) bond motifs is 1. The minimum atomic E-state index is -0.747. The van der Waals surface area contributed by atoms with E-state index in [0.29, 0.717) is 43.4 Å². The SMILES string of the molecule is CC(C)C1(O)CN(C(=O)c2ccc3c(c2)OCCO3)C1. The van der Waals surface area contributed by atoms with Crippen molar-refractivity contribution in [2.45, 2.75) is 19.4 Å². The lowest BCUT2D eigenvalue weighted by Crippen LogP contribution is -2.65. The van der Waals surface area contributed by atoms with Crippen LogP contribution >= 0.6 is 0 Å². The molecule has 1 N–H and O–H groups in total. The fourth-order valence-electron chi connectivity index (χ4n) is 2.48. The van der Waals surface area contributed by atoms with E-state index in [1.807, 2.05) is 13.8 Å². The normalized spacial score (nSPS) is 19.7. The molecule has 5 heteroatoms. The molecule has 1 amide bonds. The van der Waals surface area contributed by atoms with E-state index in [2.05, 4.69) is 0 Å². The molecular formula is C15H19NO4. The summed E-state index contributed by atoms with van der Waals surface area (Å²) < 4.78 is 10.9. The molecule has 0 radical (unpaired) electrons. The summed E-state index contributed by atoms with van der Waals surface area (Å²) in [6, 6.07) is 5.21. The van der Waals surface area contributed by atoms with Crippen molar-refractivity contribution in [3.05, 3.63) is 23.8 Å². The van der Waals surface area contributed by atoms with E-state index in [1.54, 1.807) is 23.1 Å². The molecule has 20 heavy (non-hydrogen) atoms. The first-order valence-corrected chi connectivity index (χ1v) is 6.91. The first-order chi connectivity index (χ1) is 9.49. The number of carbonyl (C=O) groups is 1. The highest BCUT2D eigenvalue weighted by atomic mass is 16.6. The van der Waals surface area contributed by atoms with E-state index in [1.165, 1.54) is 0 Å². The number of hydrogen-bond donors (Lipinski definition) is 1. The van der Waals surface area contributed by atoms with Crippen LogP contribution in [0.4, 0.5) is 0 Å². The molecule has 0 spiro atoms. The van der Waals surface area contributed by atoms with Gasteiger partial charge in [-0.15, -0.1) is 0 Å². The molecule has 0 aliphatic carbocycles. The number of aliphatic hydroxyl groups is 1. The molecule has 2 aliphatic rings. The van der Waals surface area contributed by atoms with Crippen molar-refractivity contribution < 1.29 is 19.4 Å². The van der Waals surface area contributed by atoms with Gasteiger partial charge >= 0.3 is 0 Å². The van der Waals surface area contributed by atoms with Crippen LogP contribution in [0.15, 0.2) is 18.2 Å². The van der Waals surface area contributed by atoms with Gasteiger partial charge in [0.2, 0.25) is 0 Å². The molecule has 0 unspecified atom stereocenters. The number of nitrogens with zero attached hydrogens (tertiary/aromatic N) is 1. The van der Waals surface area contributed by atoms with Crippen LogP contribution in [-0.4, -0.2) is 47.8 Å². The first kappa shape index (κ1) is 13.2. The fraction of sp³-hybridized carbons (Fsp3) is 0.533. The monoisotopic (exact) mass is 277 g/mol. The topological polar surface area (TPSA) is 59.0 Å². The van der Waals surface area contributed by atoms with Crippen molar-refractivity contribution in [2.75, 3.05) is 26.3 Å². The highest BCUT2D eigenvalue weighted by Crippen LogP contribution is 2.33. The molecule has 108 valence electrons. The molecule has 2 aliphatic heterocycles. The number of amides is 1. The van der Waals surface area contributed by atoms with Crippen LogP contribution in [0.2, 0.25) is 0 Å². The highest BCUT2D eigenvalue weighted by molar-refractivity contribution is 5.95. The van der Waals surface area contributed by atoms with Crippen molar-refractivity contribution in [2.24, 2.45) is 5.92 Å². The second-order valence-corrected chi connectivity index (χ2v) is 5.78. The average molecular weight is 277 g/mol. The van der Waals surface area contributed by atoms with Crippen LogP contribution in [0.3, 0.4) is 0 Å². The largest absolute Gasteiger partial charge is 0.486 e. The van der Waals surface area contributed by atoms with Gasteiger partial charge in [-0.05, 0) is 24.1 Å². The maximum absolute atomic E-state index is 12.3. The minimum absolute atomic E-state index is 0.0766. The highest BCUT2D eigenvalue weighted by Gasteiger charge is 2.46. The zero-order chi connectivity index (χ0) is 14.3. The zero-order valence-corrected chi connectivity index (χ0v) is 11.8. The Morgan fingerprint density at radius 2 is 1.90 bits per heavy atom. The lowest BCUT2D eigenvalue weighted by molar-refractivity contribution is -0.110. The first-order valence-electron chi connectivity index (χ1n) is 6.91. The molecule has 3 rings (SSSR count). The Morgan fingerprint density at radius 1 is 1.25 bits per heavy atom. The van der Waals surface area contributed by atoms with Crippen molar-refractivity contribution in [3.63, 3.8) is 0 Å². The second-order valence-electron chi connectivity index (χ2n) is 5.78. The van der Waals surface area contributed by atoms with Gasteiger partial charge in [0.1, 0.15) is 18.8 Å². The summed E-state index contributed by atoms with van der Waals surface area (Å²) in [5.74, 6) is 1.36. The van der Waals surface area contributed by atoms with Crippen molar-refractivity contribution in [1.82, 2.24) is 4.90 Å². The summed E-state index contributed by atoms with van der Waals surface area (Å²) in [5.41, 5.74) is -0.177. The maximum atomic E-state index is 12.3. The van der Waals surface area contributed by atoms with Crippen LogP contribution in [0, 0.1) is 5.92 Å². The van der Waals surface area contributed by atoms with Crippen LogP contribution in [0.25, 0.3) is 0 Å². The molecule has 1 aromatic rings. The summed E-state index contributed by atoms with van der Waals surface area (Å²) in [6.45, 7) is 5.74. The van der Waals surface area contributed by atoms with Gasteiger partial charge in [-0.1, -0.05) is 13.8 Å². The van der Waals surface area contributed by atoms with Crippen LogP contribution < -0.4 is 9.47 Å². The van der Waals surface area contributed by atoms with E-state index in [0.717, 1.165) is 0 Å². The van der Waals surface area contributed by atoms with Gasteiger partial charge in [0, 0.05) is 5.56 Å². The lowest BCUT2D eigenvalue weighted by Gasteiger charge is -2.49. The number of ether oxygens (including phenoxy) is 2. The van der Waals surface area contributed by atoms with Gasteiger partial charge in [0.15, 0.2) is 11.5 Å². The van der Waals surface area contributed by atoms with Gasteiger partial charge in [-0.2, -0.15) is 0 Å². The third-order valence-corrected chi connectivity index (χ3v) is 4.08. The van der Waals surface area contributed by atoms with Crippen molar-refractivity contribution >= 4 is 5.91 Å². The molecule has 2 heterocycles. The molecule has 0 atom stereocenters. The van der Waals surface area contributed by atoms with E-state index in [4.69, 9.17) is 9.47 Å². The molecule has 5 nitrogen and oxygen atoms in total. The predicted molar refractivity (Wildman–Crippen MR) is 73.1 cm³/mol. The smallest absolute Gasteiger partial charge is 0.254 e. The van der Waals surface area contributed by atoms with Crippen LogP contribution in [-0.2, 0) is 0 Å². The Balaban J connectivity index is 1.73. The number of hydrogen-bond acceptors (Lipinski definition) is 4. The van der Waals surface area contributed by atoms with E-state index < -0.39 is 5.60 Å². The Morgan fingerprint density at radius 3 is 2.55 bits per heavy atom. The molecule has 1 aromatic carbocycles. The Labute approximate surface area is 118 Å². The molecular weight excluding hydrogens is 258 g/mol. The number of carbonyl (C=O) groups excluding carboxylic acids is 1. The summed E-state index contributed by atoms with van der Waals surface area (Å²) in [4.78, 5) is 14.0. The molecule has 0 saturated carbocycles. The summed E-state index contributed by atoms with van der Waals surface area (Å²) in [7, 11) is 0. The van der Waals surface area contributed by atoms with Gasteiger partial charge < -0.3 is 19.5 Å². The van der Waals surface area contributed by atoms with Gasteiger partial charge in [-0.25, -0.2) is 0 Å². The quantitative estimate of drug-likeness (QED) is 0.885. The van der Waals surface area contributed by atoms with E-state index >= 15 is 0 Å². The predicted octanol–water partition coefficient (Wildman–Crippen LogP) is 1.30. The molecule has 1 fully saturated rings. The fourth-order valence-corrected chi connectivity index (χ4v) is 2.48. The zero-order valence-electron chi connectivity index (χ0n) is 11.8. The van der Waals surface area contributed by atoms with Gasteiger partial charge in [0.05, 0.1) is 13.1 Å². The second kappa shape index (κ2) is 4.66. The van der Waals surface area contributed by atoms with Gasteiger partial charge in [-0.3, -0.25) is 4.79 Å². The summed E-state index contributed by atoms with van der Waals surface area (Å²) in [5, 5.41) is 10.2.